The van der Waals surface area contributed by atoms with Gasteiger partial charge in [-0.3, -0.25) is 9.80 Å². The molecule has 0 saturated carbocycles. The van der Waals surface area contributed by atoms with Crippen molar-refractivity contribution in [3.8, 4) is 5.75 Å². The molecule has 0 amide bonds. The van der Waals surface area contributed by atoms with E-state index in [0.29, 0.717) is 6.04 Å². The van der Waals surface area contributed by atoms with Crippen molar-refractivity contribution in [1.29, 1.82) is 0 Å². The molecule has 2 saturated heterocycles. The van der Waals surface area contributed by atoms with E-state index in [2.05, 4.69) is 9.80 Å². The monoisotopic (exact) mass is 276 g/mol. The van der Waals surface area contributed by atoms with Crippen LogP contribution in [0.15, 0.2) is 24.3 Å². The molecule has 20 heavy (non-hydrogen) atoms. The largest absolute Gasteiger partial charge is 0.497 e. The van der Waals surface area contributed by atoms with E-state index in [0.717, 1.165) is 37.5 Å². The van der Waals surface area contributed by atoms with Gasteiger partial charge in [-0.2, -0.15) is 0 Å². The first kappa shape index (κ1) is 13.9. The molecule has 0 aliphatic carbocycles. The minimum absolute atomic E-state index is 0.408. The number of methoxy groups -OCH3 is 1. The molecule has 1 aromatic rings. The summed E-state index contributed by atoms with van der Waals surface area (Å²) >= 11 is 0. The zero-order valence-corrected chi connectivity index (χ0v) is 12.2. The highest BCUT2D eigenvalue weighted by atomic mass is 16.5. The summed E-state index contributed by atoms with van der Waals surface area (Å²) in [5, 5.41) is 10.4. The predicted octanol–water partition coefficient (Wildman–Crippen LogP) is 1.51. The summed E-state index contributed by atoms with van der Waals surface area (Å²) in [6, 6.07) is 8.44. The van der Waals surface area contributed by atoms with Crippen LogP contribution in [0.5, 0.6) is 5.75 Å². The van der Waals surface area contributed by atoms with Gasteiger partial charge < -0.3 is 9.84 Å². The summed E-state index contributed by atoms with van der Waals surface area (Å²) in [7, 11) is 1.66. The van der Waals surface area contributed by atoms with E-state index in [1.165, 1.54) is 19.4 Å². The third-order valence-electron chi connectivity index (χ3n) is 4.60. The van der Waals surface area contributed by atoms with Crippen LogP contribution in [-0.4, -0.2) is 60.8 Å². The second kappa shape index (κ2) is 6.12. The lowest BCUT2D eigenvalue weighted by Crippen LogP contribution is -2.50. The molecular weight excluding hydrogens is 252 g/mol. The minimum Gasteiger partial charge on any atom is -0.497 e. The Morgan fingerprint density at radius 1 is 1.25 bits per heavy atom. The first-order valence-corrected chi connectivity index (χ1v) is 7.54. The molecule has 3 rings (SSSR count). The molecule has 2 aliphatic heterocycles. The van der Waals surface area contributed by atoms with Crippen LogP contribution in [0.1, 0.15) is 24.5 Å². The van der Waals surface area contributed by atoms with Gasteiger partial charge in [-0.05, 0) is 37.1 Å². The van der Waals surface area contributed by atoms with Gasteiger partial charge in [0.2, 0.25) is 0 Å². The molecule has 0 aromatic heterocycles. The lowest BCUT2D eigenvalue weighted by molar-refractivity contribution is 0.0566. The number of fused-ring (bicyclic) bond motifs is 1. The summed E-state index contributed by atoms with van der Waals surface area (Å²) in [5.41, 5.74) is 0.972. The van der Waals surface area contributed by atoms with E-state index >= 15 is 0 Å². The molecule has 110 valence electrons. The van der Waals surface area contributed by atoms with Crippen molar-refractivity contribution in [3.05, 3.63) is 29.8 Å². The van der Waals surface area contributed by atoms with E-state index in [-0.39, 0.29) is 0 Å². The maximum absolute atomic E-state index is 10.4. The molecular formula is C16H24N2O2. The van der Waals surface area contributed by atoms with Gasteiger partial charge in [-0.25, -0.2) is 0 Å². The Hall–Kier alpha value is -1.10. The molecule has 2 unspecified atom stereocenters. The van der Waals surface area contributed by atoms with E-state index in [1.54, 1.807) is 7.11 Å². The fourth-order valence-electron chi connectivity index (χ4n) is 3.40. The van der Waals surface area contributed by atoms with Gasteiger partial charge in [-0.1, -0.05) is 12.1 Å². The normalized spacial score (nSPS) is 25.4. The van der Waals surface area contributed by atoms with E-state index < -0.39 is 6.10 Å². The Labute approximate surface area is 120 Å². The number of hydrogen-bond acceptors (Lipinski definition) is 4. The Kier molecular flexibility index (Phi) is 4.24. The highest BCUT2D eigenvalue weighted by molar-refractivity contribution is 5.28. The van der Waals surface area contributed by atoms with Gasteiger partial charge >= 0.3 is 0 Å². The lowest BCUT2D eigenvalue weighted by atomic mass is 10.1. The molecule has 4 heteroatoms. The van der Waals surface area contributed by atoms with E-state index in [1.807, 2.05) is 24.3 Å². The molecule has 2 atom stereocenters. The molecule has 2 aliphatic rings. The van der Waals surface area contributed by atoms with Gasteiger partial charge in [0.1, 0.15) is 5.75 Å². The lowest BCUT2D eigenvalue weighted by Gasteiger charge is -2.38. The quantitative estimate of drug-likeness (QED) is 0.904. The fourth-order valence-corrected chi connectivity index (χ4v) is 3.40. The fraction of sp³-hybridized carbons (Fsp3) is 0.625. The van der Waals surface area contributed by atoms with Crippen molar-refractivity contribution in [2.24, 2.45) is 0 Å². The average Bonchev–Trinajstić information content (AvgIpc) is 2.95. The Bertz CT molecular complexity index is 435. The van der Waals surface area contributed by atoms with Gasteiger partial charge in [0.25, 0.3) is 0 Å². The SMILES string of the molecule is COc1ccc(C(O)CN2CCN3CCCC3C2)cc1. The maximum atomic E-state index is 10.4. The average molecular weight is 276 g/mol. The first-order chi connectivity index (χ1) is 9.76. The van der Waals surface area contributed by atoms with Crippen molar-refractivity contribution >= 4 is 0 Å². The van der Waals surface area contributed by atoms with Crippen LogP contribution >= 0.6 is 0 Å². The molecule has 2 fully saturated rings. The second-order valence-electron chi connectivity index (χ2n) is 5.88. The number of nitrogens with zero attached hydrogens (tertiary/aromatic N) is 2. The number of rotatable bonds is 4. The molecule has 0 radical (unpaired) electrons. The zero-order valence-electron chi connectivity index (χ0n) is 12.2. The predicted molar refractivity (Wildman–Crippen MR) is 79.0 cm³/mol. The standard InChI is InChI=1S/C16H24N2O2/c1-20-15-6-4-13(5-7-15)16(19)12-17-9-10-18-8-2-3-14(18)11-17/h4-7,14,16,19H,2-3,8-12H2,1H3. The topological polar surface area (TPSA) is 35.9 Å². The Morgan fingerprint density at radius 3 is 2.80 bits per heavy atom. The molecule has 0 bridgehead atoms. The van der Waals surface area contributed by atoms with Crippen molar-refractivity contribution in [1.82, 2.24) is 9.80 Å². The molecule has 2 heterocycles. The molecule has 1 aromatic carbocycles. The van der Waals surface area contributed by atoms with Crippen molar-refractivity contribution < 1.29 is 9.84 Å². The first-order valence-electron chi connectivity index (χ1n) is 7.54. The number of aliphatic hydroxyl groups excluding tert-OH is 1. The van der Waals surface area contributed by atoms with Crippen molar-refractivity contribution in [2.45, 2.75) is 25.0 Å². The van der Waals surface area contributed by atoms with Crippen LogP contribution < -0.4 is 4.74 Å². The zero-order chi connectivity index (χ0) is 13.9. The summed E-state index contributed by atoms with van der Waals surface area (Å²) in [4.78, 5) is 5.00. The summed E-state index contributed by atoms with van der Waals surface area (Å²) in [6.45, 7) is 5.33. The van der Waals surface area contributed by atoms with Crippen LogP contribution in [0.3, 0.4) is 0 Å². The molecule has 0 spiro atoms. The van der Waals surface area contributed by atoms with Gasteiger partial charge in [0.15, 0.2) is 0 Å². The van der Waals surface area contributed by atoms with Crippen LogP contribution in [0.2, 0.25) is 0 Å². The number of ether oxygens (including phenoxy) is 1. The third-order valence-corrected chi connectivity index (χ3v) is 4.60. The number of aliphatic hydroxyl groups is 1. The van der Waals surface area contributed by atoms with Gasteiger partial charge in [-0.15, -0.1) is 0 Å². The maximum Gasteiger partial charge on any atom is 0.118 e. The van der Waals surface area contributed by atoms with Crippen molar-refractivity contribution in [2.75, 3.05) is 39.8 Å². The molecule has 4 nitrogen and oxygen atoms in total. The number of piperazine rings is 1. The Balaban J connectivity index is 1.56. The minimum atomic E-state index is -0.408. The molecule has 1 N–H and O–H groups in total. The summed E-state index contributed by atoms with van der Waals surface area (Å²) < 4.78 is 5.15. The van der Waals surface area contributed by atoms with Gasteiger partial charge in [0.05, 0.1) is 13.2 Å². The van der Waals surface area contributed by atoms with E-state index in [9.17, 15) is 5.11 Å². The second-order valence-corrected chi connectivity index (χ2v) is 5.88. The smallest absolute Gasteiger partial charge is 0.118 e. The summed E-state index contributed by atoms with van der Waals surface area (Å²) in [5.74, 6) is 0.834. The van der Waals surface area contributed by atoms with Crippen LogP contribution in [0.4, 0.5) is 0 Å². The Morgan fingerprint density at radius 2 is 2.05 bits per heavy atom. The number of hydrogen-bond donors (Lipinski definition) is 1. The third kappa shape index (κ3) is 2.97. The van der Waals surface area contributed by atoms with E-state index in [4.69, 9.17) is 4.74 Å². The summed E-state index contributed by atoms with van der Waals surface area (Å²) in [6.07, 6.45) is 2.24. The number of benzene rings is 1. The van der Waals surface area contributed by atoms with Crippen LogP contribution in [0, 0.1) is 0 Å². The van der Waals surface area contributed by atoms with Gasteiger partial charge in [0, 0.05) is 32.2 Å². The highest BCUT2D eigenvalue weighted by Gasteiger charge is 2.31. The van der Waals surface area contributed by atoms with Crippen LogP contribution in [-0.2, 0) is 0 Å². The van der Waals surface area contributed by atoms with Crippen LogP contribution in [0.25, 0.3) is 0 Å². The number of β-amino-alcohol motifs (C(OH)–C–C–N with tert-alkyl or cyclic N) is 1. The highest BCUT2D eigenvalue weighted by Crippen LogP contribution is 2.24. The van der Waals surface area contributed by atoms with Crippen molar-refractivity contribution in [3.63, 3.8) is 0 Å².